The fourth-order valence-corrected chi connectivity index (χ4v) is 6.37. The van der Waals surface area contributed by atoms with Crippen molar-refractivity contribution >= 4 is 22.6 Å². The second-order valence-corrected chi connectivity index (χ2v) is 10.6. The molecule has 0 saturated carbocycles. The van der Waals surface area contributed by atoms with Crippen molar-refractivity contribution in [2.45, 2.75) is 37.6 Å². The molecule has 6 nitrogen and oxygen atoms in total. The Labute approximate surface area is 228 Å². The number of halogens is 1. The third kappa shape index (κ3) is 5.23. The van der Waals surface area contributed by atoms with Gasteiger partial charge in [0.15, 0.2) is 0 Å². The fraction of sp³-hybridized carbons (Fsp3) is 0.344. The summed E-state index contributed by atoms with van der Waals surface area (Å²) in [4.78, 5) is 21.3. The first-order valence-corrected chi connectivity index (χ1v) is 13.9. The maximum atomic E-state index is 13.9. The number of aromatic nitrogens is 1. The standard InChI is InChI=1S/C32H35FN4O2/c1-39-31-9-5-4-8-29(31)35-32(38)37-19-14-22-6-2-3-7-25(22)30(37)15-18-36-16-12-23(13-17-36)27-21-34-28-11-10-24(33)20-26(27)28/h2-11,20-21,23,30,34H,12-19H2,1H3,(H,35,38). The maximum absolute atomic E-state index is 13.9. The Morgan fingerprint density at radius 2 is 1.82 bits per heavy atom. The number of benzene rings is 3. The summed E-state index contributed by atoms with van der Waals surface area (Å²) in [6, 6.07) is 20.9. The number of nitrogens with one attached hydrogen (secondary N) is 2. The summed E-state index contributed by atoms with van der Waals surface area (Å²) in [5.74, 6) is 0.892. The number of amides is 2. The summed E-state index contributed by atoms with van der Waals surface area (Å²) in [6.07, 6.45) is 5.87. The highest BCUT2D eigenvalue weighted by atomic mass is 19.1. The Balaban J connectivity index is 1.13. The van der Waals surface area contributed by atoms with Crippen LogP contribution in [0.5, 0.6) is 5.75 Å². The molecular formula is C32H35FN4O2. The number of fused-ring (bicyclic) bond motifs is 2. The van der Waals surface area contributed by atoms with E-state index in [1.807, 2.05) is 35.2 Å². The quantitative estimate of drug-likeness (QED) is 0.293. The van der Waals surface area contributed by atoms with E-state index in [1.54, 1.807) is 13.2 Å². The molecule has 3 aromatic carbocycles. The first kappa shape index (κ1) is 25.4. The van der Waals surface area contributed by atoms with E-state index in [9.17, 15) is 9.18 Å². The second-order valence-electron chi connectivity index (χ2n) is 10.6. The average molecular weight is 527 g/mol. The van der Waals surface area contributed by atoms with Crippen molar-refractivity contribution in [3.05, 3.63) is 95.4 Å². The van der Waals surface area contributed by atoms with Gasteiger partial charge in [-0.1, -0.05) is 36.4 Å². The van der Waals surface area contributed by atoms with Crippen LogP contribution >= 0.6 is 0 Å². The number of anilines is 1. The number of likely N-dealkylation sites (tertiary alicyclic amines) is 1. The van der Waals surface area contributed by atoms with Crippen LogP contribution in [-0.4, -0.2) is 54.1 Å². The monoisotopic (exact) mass is 526 g/mol. The Morgan fingerprint density at radius 1 is 1.03 bits per heavy atom. The zero-order valence-electron chi connectivity index (χ0n) is 22.3. The third-order valence-corrected chi connectivity index (χ3v) is 8.44. The normalized spacial score (nSPS) is 18.2. The van der Waals surface area contributed by atoms with E-state index >= 15 is 0 Å². The van der Waals surface area contributed by atoms with E-state index in [1.165, 1.54) is 22.8 Å². The molecule has 2 amide bonds. The van der Waals surface area contributed by atoms with Gasteiger partial charge in [0.2, 0.25) is 0 Å². The predicted octanol–water partition coefficient (Wildman–Crippen LogP) is 6.72. The molecule has 3 heterocycles. The van der Waals surface area contributed by atoms with Gasteiger partial charge in [0.1, 0.15) is 11.6 Å². The summed E-state index contributed by atoms with van der Waals surface area (Å²) in [6.45, 7) is 3.59. The molecule has 4 aromatic rings. The zero-order valence-corrected chi connectivity index (χ0v) is 22.3. The lowest BCUT2D eigenvalue weighted by atomic mass is 9.88. The fourth-order valence-electron chi connectivity index (χ4n) is 6.37. The molecule has 7 heteroatoms. The summed E-state index contributed by atoms with van der Waals surface area (Å²) in [5, 5.41) is 4.09. The first-order chi connectivity index (χ1) is 19.1. The molecule has 0 aliphatic carbocycles. The lowest BCUT2D eigenvalue weighted by Gasteiger charge is -2.39. The Hall–Kier alpha value is -3.84. The number of rotatable bonds is 6. The number of methoxy groups -OCH3 is 1. The molecule has 39 heavy (non-hydrogen) atoms. The molecule has 202 valence electrons. The largest absolute Gasteiger partial charge is 0.495 e. The molecule has 0 spiro atoms. The van der Waals surface area contributed by atoms with Crippen molar-refractivity contribution in [2.24, 2.45) is 0 Å². The highest BCUT2D eigenvalue weighted by Crippen LogP contribution is 2.36. The number of hydrogen-bond acceptors (Lipinski definition) is 3. The Morgan fingerprint density at radius 3 is 2.67 bits per heavy atom. The molecule has 0 bridgehead atoms. The number of ether oxygens (including phenoxy) is 1. The van der Waals surface area contributed by atoms with Gasteiger partial charge in [-0.15, -0.1) is 0 Å². The van der Waals surface area contributed by atoms with E-state index in [4.69, 9.17) is 4.74 Å². The van der Waals surface area contributed by atoms with Crippen LogP contribution in [0.1, 0.15) is 47.9 Å². The van der Waals surface area contributed by atoms with Crippen molar-refractivity contribution in [3.8, 4) is 5.75 Å². The second kappa shape index (κ2) is 11.1. The third-order valence-electron chi connectivity index (χ3n) is 8.44. The first-order valence-electron chi connectivity index (χ1n) is 13.9. The highest BCUT2D eigenvalue weighted by molar-refractivity contribution is 5.91. The van der Waals surface area contributed by atoms with Gasteiger partial charge >= 0.3 is 6.03 Å². The lowest BCUT2D eigenvalue weighted by molar-refractivity contribution is 0.155. The number of nitrogens with zero attached hydrogens (tertiary/aromatic N) is 2. The maximum Gasteiger partial charge on any atom is 0.322 e. The van der Waals surface area contributed by atoms with Crippen molar-refractivity contribution in [2.75, 3.05) is 38.6 Å². The van der Waals surface area contributed by atoms with Gasteiger partial charge in [-0.25, -0.2) is 9.18 Å². The SMILES string of the molecule is COc1ccccc1NC(=O)N1CCc2ccccc2C1CCN1CCC(c2c[nH]c3ccc(F)cc23)CC1. The smallest absolute Gasteiger partial charge is 0.322 e. The number of piperidine rings is 1. The number of H-pyrrole nitrogens is 1. The molecule has 1 atom stereocenters. The molecule has 1 saturated heterocycles. The molecule has 2 aliphatic rings. The molecule has 1 aromatic heterocycles. The van der Waals surface area contributed by atoms with Gasteiger partial charge in [-0.2, -0.15) is 0 Å². The van der Waals surface area contributed by atoms with Gasteiger partial charge < -0.3 is 24.8 Å². The van der Waals surface area contributed by atoms with E-state index in [0.717, 1.165) is 56.2 Å². The van der Waals surface area contributed by atoms with E-state index in [2.05, 4.69) is 45.7 Å². The van der Waals surface area contributed by atoms with Gasteiger partial charge in [0, 0.05) is 30.2 Å². The summed E-state index contributed by atoms with van der Waals surface area (Å²) in [5.41, 5.74) is 5.48. The van der Waals surface area contributed by atoms with Crippen LogP contribution in [0.2, 0.25) is 0 Å². The van der Waals surface area contributed by atoms with Crippen LogP contribution in [0.25, 0.3) is 10.9 Å². The van der Waals surface area contributed by atoms with Crippen molar-refractivity contribution in [3.63, 3.8) is 0 Å². The Bertz CT molecular complexity index is 1460. The predicted molar refractivity (Wildman–Crippen MR) is 153 cm³/mol. The average Bonchev–Trinajstić information content (AvgIpc) is 3.39. The molecule has 6 rings (SSSR count). The van der Waals surface area contributed by atoms with Crippen LogP contribution < -0.4 is 10.1 Å². The topological polar surface area (TPSA) is 60.6 Å². The molecule has 2 N–H and O–H groups in total. The van der Waals surface area contributed by atoms with Gasteiger partial charge in [-0.05, 0) is 91.7 Å². The summed E-state index contributed by atoms with van der Waals surface area (Å²) in [7, 11) is 1.62. The van der Waals surface area contributed by atoms with Crippen LogP contribution in [0, 0.1) is 5.82 Å². The zero-order chi connectivity index (χ0) is 26.8. The minimum atomic E-state index is -0.187. The minimum Gasteiger partial charge on any atom is -0.495 e. The van der Waals surface area contributed by atoms with Crippen molar-refractivity contribution in [1.29, 1.82) is 0 Å². The van der Waals surface area contributed by atoms with E-state index < -0.39 is 0 Å². The summed E-state index contributed by atoms with van der Waals surface area (Å²) < 4.78 is 19.3. The Kier molecular flexibility index (Phi) is 7.24. The van der Waals surface area contributed by atoms with Gasteiger partial charge in [0.25, 0.3) is 0 Å². The lowest BCUT2D eigenvalue weighted by Crippen LogP contribution is -2.44. The number of hydrogen-bond donors (Lipinski definition) is 2. The van der Waals surface area contributed by atoms with Gasteiger partial charge in [-0.3, -0.25) is 0 Å². The number of carbonyl (C=O) groups is 1. The molecule has 2 aliphatic heterocycles. The van der Waals surface area contributed by atoms with E-state index in [0.29, 0.717) is 23.9 Å². The minimum absolute atomic E-state index is 0.0129. The highest BCUT2D eigenvalue weighted by Gasteiger charge is 2.32. The molecule has 0 radical (unpaired) electrons. The van der Waals surface area contributed by atoms with Crippen LogP contribution in [-0.2, 0) is 6.42 Å². The van der Waals surface area contributed by atoms with Crippen LogP contribution in [0.15, 0.2) is 72.9 Å². The number of carbonyl (C=O) groups excluding carboxylic acids is 1. The van der Waals surface area contributed by atoms with Crippen LogP contribution in [0.3, 0.4) is 0 Å². The van der Waals surface area contributed by atoms with Crippen molar-refractivity contribution in [1.82, 2.24) is 14.8 Å². The summed E-state index contributed by atoms with van der Waals surface area (Å²) >= 11 is 0. The van der Waals surface area contributed by atoms with Crippen molar-refractivity contribution < 1.29 is 13.9 Å². The molecule has 1 fully saturated rings. The molecular weight excluding hydrogens is 491 g/mol. The number of para-hydroxylation sites is 2. The van der Waals surface area contributed by atoms with Crippen LogP contribution in [0.4, 0.5) is 14.9 Å². The number of urea groups is 1. The molecule has 1 unspecified atom stereocenters. The number of aromatic amines is 1. The van der Waals surface area contributed by atoms with Gasteiger partial charge in [0.05, 0.1) is 18.8 Å². The van der Waals surface area contributed by atoms with E-state index in [-0.39, 0.29) is 17.9 Å².